The van der Waals surface area contributed by atoms with E-state index < -0.39 is 6.03 Å². The first-order valence-electron chi connectivity index (χ1n) is 10.8. The molecule has 2 aliphatic heterocycles. The Bertz CT molecular complexity index is 1030. The summed E-state index contributed by atoms with van der Waals surface area (Å²) in [4.78, 5) is 38.9. The van der Waals surface area contributed by atoms with Crippen molar-refractivity contribution >= 4 is 29.3 Å². The van der Waals surface area contributed by atoms with Gasteiger partial charge in [0.1, 0.15) is 18.5 Å². The summed E-state index contributed by atoms with van der Waals surface area (Å²) in [6.45, 7) is 0.244. The van der Waals surface area contributed by atoms with E-state index in [-0.39, 0.29) is 43.2 Å². The molecule has 4 rings (SSSR count). The number of carbonyl (C=O) groups is 3. The number of ether oxygens (including phenoxy) is 3. The van der Waals surface area contributed by atoms with Crippen LogP contribution in [0.25, 0.3) is 0 Å². The summed E-state index contributed by atoms with van der Waals surface area (Å²) in [5, 5.41) is 5.50. The molecule has 1 fully saturated rings. The van der Waals surface area contributed by atoms with Crippen LogP contribution in [0.4, 0.5) is 16.2 Å². The third kappa shape index (κ3) is 5.25. The first kappa shape index (κ1) is 22.6. The summed E-state index contributed by atoms with van der Waals surface area (Å²) in [5.41, 5.74) is 1.50. The van der Waals surface area contributed by atoms with Gasteiger partial charge in [-0.3, -0.25) is 9.59 Å². The number of benzene rings is 2. The van der Waals surface area contributed by atoms with Gasteiger partial charge in [-0.25, -0.2) is 4.79 Å². The fourth-order valence-electron chi connectivity index (χ4n) is 4.19. The number of hydrogen-bond donors (Lipinski definition) is 2. The second-order valence-electron chi connectivity index (χ2n) is 8.10. The predicted molar refractivity (Wildman–Crippen MR) is 121 cm³/mol. The van der Waals surface area contributed by atoms with E-state index in [1.54, 1.807) is 42.3 Å². The minimum absolute atomic E-state index is 0.175. The van der Waals surface area contributed by atoms with Crippen LogP contribution in [0.1, 0.15) is 29.6 Å². The highest BCUT2D eigenvalue weighted by Gasteiger charge is 2.39. The molecule has 3 atom stereocenters. The highest BCUT2D eigenvalue weighted by molar-refractivity contribution is 6.02. The van der Waals surface area contributed by atoms with Crippen molar-refractivity contribution < 1.29 is 28.6 Å². The molecule has 1 saturated heterocycles. The number of amides is 3. The molecule has 2 N–H and O–H groups in total. The molecule has 2 heterocycles. The first-order valence-corrected chi connectivity index (χ1v) is 10.8. The van der Waals surface area contributed by atoms with E-state index in [2.05, 4.69) is 10.6 Å². The largest absolute Gasteiger partial charge is 0.490 e. The van der Waals surface area contributed by atoms with Crippen molar-refractivity contribution in [1.29, 1.82) is 0 Å². The van der Waals surface area contributed by atoms with Crippen molar-refractivity contribution in [3.63, 3.8) is 0 Å². The molecule has 9 nitrogen and oxygen atoms in total. The van der Waals surface area contributed by atoms with Gasteiger partial charge in [0.15, 0.2) is 0 Å². The number of methoxy groups -OCH3 is 1. The van der Waals surface area contributed by atoms with Crippen LogP contribution in [0.15, 0.2) is 48.5 Å². The van der Waals surface area contributed by atoms with E-state index in [4.69, 9.17) is 14.2 Å². The lowest BCUT2D eigenvalue weighted by Crippen LogP contribution is -2.53. The minimum atomic E-state index is -0.411. The zero-order valence-corrected chi connectivity index (χ0v) is 18.6. The molecule has 2 aromatic rings. The second kappa shape index (κ2) is 9.91. The van der Waals surface area contributed by atoms with E-state index in [0.29, 0.717) is 35.5 Å². The maximum atomic E-state index is 13.3. The van der Waals surface area contributed by atoms with E-state index in [1.165, 1.54) is 7.11 Å². The number of nitrogens with one attached hydrogen (secondary N) is 2. The standard InChI is InChI=1S/C24H27N3O6/c1-27-19-10-9-17(13-22(28)31-2)33-21(19)14-32-20-11-8-16(12-18(20)23(27)29)26-24(30)25-15-6-4-3-5-7-15/h3-8,11-12,17,19,21H,9-10,13-14H2,1-2H3,(H2,25,26,30)/t17-,19-,21+/m0/s1. The Kier molecular flexibility index (Phi) is 6.79. The summed E-state index contributed by atoms with van der Waals surface area (Å²) in [6, 6.07) is 13.4. The lowest BCUT2D eigenvalue weighted by atomic mass is 9.94. The maximum absolute atomic E-state index is 13.3. The van der Waals surface area contributed by atoms with Gasteiger partial charge in [0.05, 0.1) is 31.2 Å². The lowest BCUT2D eigenvalue weighted by molar-refractivity contribution is -0.151. The van der Waals surface area contributed by atoms with Crippen molar-refractivity contribution in [2.45, 2.75) is 37.5 Å². The van der Waals surface area contributed by atoms with Crippen LogP contribution in [-0.2, 0) is 14.3 Å². The molecule has 0 radical (unpaired) electrons. The van der Waals surface area contributed by atoms with E-state index in [0.717, 1.165) is 0 Å². The average molecular weight is 453 g/mol. The van der Waals surface area contributed by atoms with Crippen LogP contribution in [0.5, 0.6) is 5.75 Å². The van der Waals surface area contributed by atoms with Crippen molar-refractivity contribution in [3.05, 3.63) is 54.1 Å². The van der Waals surface area contributed by atoms with Crippen LogP contribution < -0.4 is 15.4 Å². The number of nitrogens with zero attached hydrogens (tertiary/aromatic N) is 1. The van der Waals surface area contributed by atoms with Gasteiger partial charge in [-0.05, 0) is 43.2 Å². The third-order valence-electron chi connectivity index (χ3n) is 5.92. The highest BCUT2D eigenvalue weighted by atomic mass is 16.5. The molecule has 0 bridgehead atoms. The van der Waals surface area contributed by atoms with Crippen molar-refractivity contribution in [3.8, 4) is 5.75 Å². The number of esters is 1. The van der Waals surface area contributed by atoms with Gasteiger partial charge in [0.25, 0.3) is 5.91 Å². The number of hydrogen-bond acceptors (Lipinski definition) is 6. The van der Waals surface area contributed by atoms with Gasteiger partial charge in [-0.15, -0.1) is 0 Å². The lowest BCUT2D eigenvalue weighted by Gasteiger charge is -2.42. The Morgan fingerprint density at radius 2 is 1.85 bits per heavy atom. The minimum Gasteiger partial charge on any atom is -0.490 e. The molecule has 0 aromatic heterocycles. The SMILES string of the molecule is COC(=O)C[C@@H]1CC[C@H]2[C@@H](COc3ccc(NC(=O)Nc4ccccc4)cc3C(=O)N2C)O1. The molecule has 3 amide bonds. The highest BCUT2D eigenvalue weighted by Crippen LogP contribution is 2.32. The van der Waals surface area contributed by atoms with Crippen LogP contribution >= 0.6 is 0 Å². The number of fused-ring (bicyclic) bond motifs is 2. The molecule has 0 aliphatic carbocycles. The zero-order valence-electron chi connectivity index (χ0n) is 18.6. The van der Waals surface area contributed by atoms with Crippen LogP contribution in [0.2, 0.25) is 0 Å². The monoisotopic (exact) mass is 453 g/mol. The number of carbonyl (C=O) groups excluding carboxylic acids is 3. The summed E-state index contributed by atoms with van der Waals surface area (Å²) >= 11 is 0. The first-order chi connectivity index (χ1) is 15.9. The Balaban J connectivity index is 1.47. The molecule has 9 heteroatoms. The number of para-hydroxylation sites is 1. The van der Waals surface area contributed by atoms with Crippen LogP contribution in [-0.4, -0.2) is 61.8 Å². The fourth-order valence-corrected chi connectivity index (χ4v) is 4.19. The van der Waals surface area contributed by atoms with Gasteiger partial charge < -0.3 is 29.7 Å². The van der Waals surface area contributed by atoms with Gasteiger partial charge in [0.2, 0.25) is 0 Å². The normalized spacial score (nSPS) is 22.1. The molecule has 0 saturated carbocycles. The van der Waals surface area contributed by atoms with Gasteiger partial charge >= 0.3 is 12.0 Å². The Morgan fingerprint density at radius 1 is 1.09 bits per heavy atom. The van der Waals surface area contributed by atoms with Gasteiger partial charge in [0, 0.05) is 18.4 Å². The van der Waals surface area contributed by atoms with Crippen LogP contribution in [0, 0.1) is 0 Å². The number of urea groups is 1. The molecule has 174 valence electrons. The molecule has 0 spiro atoms. The maximum Gasteiger partial charge on any atom is 0.323 e. The molecule has 2 aromatic carbocycles. The summed E-state index contributed by atoms with van der Waals surface area (Å²) in [6.07, 6.45) is 0.880. The number of anilines is 2. The zero-order chi connectivity index (χ0) is 23.4. The number of likely N-dealkylation sites (N-methyl/N-ethyl adjacent to an activating group) is 1. The van der Waals surface area contributed by atoms with Crippen LogP contribution in [0.3, 0.4) is 0 Å². The summed E-state index contributed by atoms with van der Waals surface area (Å²) in [5.74, 6) is -0.129. The molecule has 2 aliphatic rings. The molecular weight excluding hydrogens is 426 g/mol. The quantitative estimate of drug-likeness (QED) is 0.689. The number of rotatable bonds is 4. The topological polar surface area (TPSA) is 106 Å². The Hall–Kier alpha value is -3.59. The third-order valence-corrected chi connectivity index (χ3v) is 5.92. The average Bonchev–Trinajstić information content (AvgIpc) is 2.82. The summed E-state index contributed by atoms with van der Waals surface area (Å²) in [7, 11) is 3.09. The second-order valence-corrected chi connectivity index (χ2v) is 8.10. The fraction of sp³-hybridized carbons (Fsp3) is 0.375. The molecule has 0 unspecified atom stereocenters. The molecule has 33 heavy (non-hydrogen) atoms. The van der Waals surface area contributed by atoms with Gasteiger partial charge in [-0.2, -0.15) is 0 Å². The van der Waals surface area contributed by atoms with Crippen molar-refractivity contribution in [2.75, 3.05) is 31.4 Å². The van der Waals surface area contributed by atoms with Gasteiger partial charge in [-0.1, -0.05) is 18.2 Å². The smallest absolute Gasteiger partial charge is 0.323 e. The van der Waals surface area contributed by atoms with Crippen molar-refractivity contribution in [1.82, 2.24) is 4.90 Å². The molecular formula is C24H27N3O6. The van der Waals surface area contributed by atoms with E-state index in [9.17, 15) is 14.4 Å². The van der Waals surface area contributed by atoms with E-state index in [1.807, 2.05) is 18.2 Å². The Morgan fingerprint density at radius 3 is 2.61 bits per heavy atom. The summed E-state index contributed by atoms with van der Waals surface area (Å²) < 4.78 is 16.8. The van der Waals surface area contributed by atoms with Crippen molar-refractivity contribution in [2.24, 2.45) is 0 Å². The van der Waals surface area contributed by atoms with E-state index >= 15 is 0 Å². The Labute approximate surface area is 192 Å². The predicted octanol–water partition coefficient (Wildman–Crippen LogP) is 3.27.